The Kier molecular flexibility index (Phi) is 5.18. The fourth-order valence-electron chi connectivity index (χ4n) is 2.87. The van der Waals surface area contributed by atoms with Gasteiger partial charge >= 0.3 is 6.18 Å². The quantitative estimate of drug-likeness (QED) is 0.493. The number of rotatable bonds is 4. The summed E-state index contributed by atoms with van der Waals surface area (Å²) in [5, 5.41) is 4.43. The predicted octanol–water partition coefficient (Wildman–Crippen LogP) is 5.28. The van der Waals surface area contributed by atoms with Crippen molar-refractivity contribution in [2.45, 2.75) is 12.6 Å². The van der Waals surface area contributed by atoms with Crippen LogP contribution in [0.5, 0.6) is 0 Å². The van der Waals surface area contributed by atoms with E-state index < -0.39 is 11.7 Å². The van der Waals surface area contributed by atoms with Gasteiger partial charge < -0.3 is 5.32 Å². The highest BCUT2D eigenvalue weighted by Gasteiger charge is 2.30. The van der Waals surface area contributed by atoms with Crippen LogP contribution in [0.4, 0.5) is 13.2 Å². The first kappa shape index (κ1) is 18.5. The molecule has 1 amide bonds. The molecule has 0 aromatic heterocycles. The van der Waals surface area contributed by atoms with Gasteiger partial charge in [0, 0.05) is 18.5 Å². The number of fused-ring (bicyclic) bond motifs is 1. The highest BCUT2D eigenvalue weighted by molar-refractivity contribution is 6.02. The van der Waals surface area contributed by atoms with Crippen molar-refractivity contribution in [3.05, 3.63) is 71.8 Å². The molecule has 0 aliphatic heterocycles. The maximum atomic E-state index is 12.8. The number of carbonyl (C=O) groups is 1. The number of hydrogen-bond acceptors (Lipinski definition) is 1. The van der Waals surface area contributed by atoms with Crippen LogP contribution in [0, 0.1) is 12.3 Å². The molecule has 3 aromatic carbocycles. The number of carbonyl (C=O) groups excluding carboxylic acids is 1. The Hall–Kier alpha value is -3.26. The van der Waals surface area contributed by atoms with E-state index in [1.807, 2.05) is 18.2 Å². The first-order chi connectivity index (χ1) is 12.9. The van der Waals surface area contributed by atoms with E-state index in [0.29, 0.717) is 24.1 Å². The third-order valence-electron chi connectivity index (χ3n) is 4.22. The minimum atomic E-state index is -4.36. The van der Waals surface area contributed by atoms with Crippen molar-refractivity contribution in [2.24, 2.45) is 0 Å². The fraction of sp³-hybridized carbons (Fsp3) is 0.136. The van der Waals surface area contributed by atoms with Crippen molar-refractivity contribution in [2.75, 3.05) is 6.54 Å². The second kappa shape index (κ2) is 7.55. The van der Waals surface area contributed by atoms with Gasteiger partial charge in [0.2, 0.25) is 0 Å². The highest BCUT2D eigenvalue weighted by Crippen LogP contribution is 2.33. The number of hydrogen-bond donors (Lipinski definition) is 1. The normalized spacial score (nSPS) is 11.2. The van der Waals surface area contributed by atoms with Crippen LogP contribution in [0.25, 0.3) is 21.9 Å². The van der Waals surface area contributed by atoms with E-state index >= 15 is 0 Å². The van der Waals surface area contributed by atoms with Crippen LogP contribution in [0.1, 0.15) is 22.3 Å². The summed E-state index contributed by atoms with van der Waals surface area (Å²) in [6, 6.07) is 15.8. The third-order valence-corrected chi connectivity index (χ3v) is 4.22. The Morgan fingerprint density at radius 2 is 1.78 bits per heavy atom. The van der Waals surface area contributed by atoms with Crippen molar-refractivity contribution in [1.82, 2.24) is 5.32 Å². The molecule has 3 aromatic rings. The molecular formula is C22H16F3NO. The molecule has 0 atom stereocenters. The first-order valence-corrected chi connectivity index (χ1v) is 8.32. The van der Waals surface area contributed by atoms with E-state index in [1.54, 1.807) is 18.2 Å². The molecule has 136 valence electrons. The minimum absolute atomic E-state index is 0.216. The molecule has 0 radical (unpaired) electrons. The minimum Gasteiger partial charge on any atom is -0.351 e. The van der Waals surface area contributed by atoms with Gasteiger partial charge in [-0.05, 0) is 46.2 Å². The van der Waals surface area contributed by atoms with E-state index in [2.05, 4.69) is 11.2 Å². The molecule has 1 N–H and O–H groups in total. The Balaban J connectivity index is 1.94. The van der Waals surface area contributed by atoms with Gasteiger partial charge in [-0.1, -0.05) is 36.4 Å². The van der Waals surface area contributed by atoms with E-state index in [4.69, 9.17) is 6.42 Å². The maximum absolute atomic E-state index is 12.8. The molecule has 3 rings (SSSR count). The van der Waals surface area contributed by atoms with Crippen LogP contribution in [-0.4, -0.2) is 12.5 Å². The van der Waals surface area contributed by atoms with E-state index in [1.165, 1.54) is 12.1 Å². The van der Waals surface area contributed by atoms with Gasteiger partial charge in [-0.2, -0.15) is 13.2 Å². The molecule has 0 fully saturated rings. The number of terminal acetylenes is 1. The molecular weight excluding hydrogens is 351 g/mol. The number of alkyl halides is 3. The van der Waals surface area contributed by atoms with Crippen molar-refractivity contribution in [3.8, 4) is 23.5 Å². The summed E-state index contributed by atoms with van der Waals surface area (Å²) in [5.41, 5.74) is 1.31. The molecule has 0 aliphatic carbocycles. The van der Waals surface area contributed by atoms with Gasteiger partial charge in [-0.15, -0.1) is 12.3 Å². The summed E-state index contributed by atoms with van der Waals surface area (Å²) in [5.74, 6) is 2.24. The largest absolute Gasteiger partial charge is 0.416 e. The van der Waals surface area contributed by atoms with Gasteiger partial charge in [0.15, 0.2) is 0 Å². The molecule has 0 aliphatic rings. The molecule has 0 saturated carbocycles. The van der Waals surface area contributed by atoms with Crippen molar-refractivity contribution in [1.29, 1.82) is 0 Å². The van der Waals surface area contributed by atoms with Crippen molar-refractivity contribution in [3.63, 3.8) is 0 Å². The standard InChI is InChI=1S/C22H16F3NO/c1-2-3-13-26-21(27)17-9-12-20-16(14-17)5-4-6-19(20)15-7-10-18(11-8-15)22(23,24)25/h1,4-12,14H,3,13H2,(H,26,27). The van der Waals surface area contributed by atoms with Crippen LogP contribution < -0.4 is 5.32 Å². The molecule has 0 saturated heterocycles. The molecule has 5 heteroatoms. The average Bonchev–Trinajstić information content (AvgIpc) is 2.66. The van der Waals surface area contributed by atoms with Crippen LogP contribution in [-0.2, 0) is 6.18 Å². The monoisotopic (exact) mass is 367 g/mol. The van der Waals surface area contributed by atoms with E-state index in [-0.39, 0.29) is 5.91 Å². The number of nitrogens with one attached hydrogen (secondary N) is 1. The van der Waals surface area contributed by atoms with Crippen molar-refractivity contribution >= 4 is 16.7 Å². The SMILES string of the molecule is C#CCCNC(=O)c1ccc2c(-c3ccc(C(F)(F)F)cc3)cccc2c1. The van der Waals surface area contributed by atoms with Gasteiger partial charge in [-0.25, -0.2) is 0 Å². The Morgan fingerprint density at radius 3 is 2.44 bits per heavy atom. The molecule has 0 heterocycles. The second-order valence-corrected chi connectivity index (χ2v) is 6.03. The second-order valence-electron chi connectivity index (χ2n) is 6.03. The Morgan fingerprint density at radius 1 is 1.04 bits per heavy atom. The summed E-state index contributed by atoms with van der Waals surface area (Å²) >= 11 is 0. The molecule has 0 spiro atoms. The first-order valence-electron chi connectivity index (χ1n) is 8.32. The lowest BCUT2D eigenvalue weighted by Gasteiger charge is -2.11. The van der Waals surface area contributed by atoms with E-state index in [0.717, 1.165) is 28.5 Å². The van der Waals surface area contributed by atoms with Crippen LogP contribution in [0.15, 0.2) is 60.7 Å². The lowest BCUT2D eigenvalue weighted by Crippen LogP contribution is -2.24. The van der Waals surface area contributed by atoms with Crippen LogP contribution in [0.2, 0.25) is 0 Å². The fourth-order valence-corrected chi connectivity index (χ4v) is 2.87. The summed E-state index contributed by atoms with van der Waals surface area (Å²) < 4.78 is 38.3. The van der Waals surface area contributed by atoms with E-state index in [9.17, 15) is 18.0 Å². The summed E-state index contributed by atoms with van der Waals surface area (Å²) in [7, 11) is 0. The molecule has 27 heavy (non-hydrogen) atoms. The van der Waals surface area contributed by atoms with Gasteiger partial charge in [-0.3, -0.25) is 4.79 Å². The summed E-state index contributed by atoms with van der Waals surface area (Å²) in [4.78, 5) is 12.2. The highest BCUT2D eigenvalue weighted by atomic mass is 19.4. The van der Waals surface area contributed by atoms with Crippen LogP contribution in [0.3, 0.4) is 0 Å². The average molecular weight is 367 g/mol. The number of amides is 1. The lowest BCUT2D eigenvalue weighted by atomic mass is 9.96. The Labute approximate surface area is 155 Å². The van der Waals surface area contributed by atoms with Gasteiger partial charge in [0.1, 0.15) is 0 Å². The molecule has 2 nitrogen and oxygen atoms in total. The van der Waals surface area contributed by atoms with Crippen LogP contribution >= 0.6 is 0 Å². The smallest absolute Gasteiger partial charge is 0.351 e. The lowest BCUT2D eigenvalue weighted by molar-refractivity contribution is -0.137. The van der Waals surface area contributed by atoms with Gasteiger partial charge in [0.05, 0.1) is 5.56 Å². The zero-order chi connectivity index (χ0) is 19.4. The van der Waals surface area contributed by atoms with Gasteiger partial charge in [0.25, 0.3) is 5.91 Å². The maximum Gasteiger partial charge on any atom is 0.416 e. The van der Waals surface area contributed by atoms with Crippen molar-refractivity contribution < 1.29 is 18.0 Å². The zero-order valence-corrected chi connectivity index (χ0v) is 14.3. The summed E-state index contributed by atoms with van der Waals surface area (Å²) in [6.45, 7) is 0.402. The number of halogens is 3. The predicted molar refractivity (Wildman–Crippen MR) is 100 cm³/mol. The third kappa shape index (κ3) is 4.12. The Bertz CT molecular complexity index is 1010. The zero-order valence-electron chi connectivity index (χ0n) is 14.3. The topological polar surface area (TPSA) is 29.1 Å². The molecule has 0 unspecified atom stereocenters. The number of benzene rings is 3. The molecule has 0 bridgehead atoms. The summed E-state index contributed by atoms with van der Waals surface area (Å²) in [6.07, 6.45) is 1.26.